The first kappa shape index (κ1) is 13.4. The van der Waals surface area contributed by atoms with Crippen LogP contribution in [0.25, 0.3) is 11.3 Å². The molecule has 110 valence electrons. The number of aromatic nitrogens is 1. The van der Waals surface area contributed by atoms with Crippen LogP contribution in [0.3, 0.4) is 0 Å². The monoisotopic (exact) mass is 300 g/mol. The third kappa shape index (κ3) is 2.52. The summed E-state index contributed by atoms with van der Waals surface area (Å²) in [4.78, 5) is 7.22. The van der Waals surface area contributed by atoms with Gasteiger partial charge in [0.05, 0.1) is 16.3 Å². The molecule has 0 saturated carbocycles. The van der Waals surface area contributed by atoms with E-state index in [4.69, 9.17) is 4.98 Å². The molecule has 4 heteroatoms. The largest absolute Gasteiger partial charge is 0.389 e. The van der Waals surface area contributed by atoms with Crippen molar-refractivity contribution in [2.45, 2.75) is 24.9 Å². The third-order valence-electron chi connectivity index (χ3n) is 4.97. The molecule has 3 atom stereocenters. The number of benzene rings is 1. The summed E-state index contributed by atoms with van der Waals surface area (Å²) in [6.07, 6.45) is 2.73. The van der Waals surface area contributed by atoms with E-state index in [2.05, 4.69) is 22.4 Å². The zero-order valence-electron chi connectivity index (χ0n) is 12.0. The quantitative estimate of drug-likeness (QED) is 0.947. The molecule has 0 radical (unpaired) electrons. The summed E-state index contributed by atoms with van der Waals surface area (Å²) in [7, 11) is 0. The van der Waals surface area contributed by atoms with Crippen molar-refractivity contribution in [1.82, 2.24) is 9.88 Å². The maximum atomic E-state index is 11.0. The minimum absolute atomic E-state index is 0.426. The molecule has 1 aromatic heterocycles. The summed E-state index contributed by atoms with van der Waals surface area (Å²) >= 11 is 1.68. The highest BCUT2D eigenvalue weighted by molar-refractivity contribution is 7.09. The normalized spacial score (nSPS) is 31.5. The van der Waals surface area contributed by atoms with Gasteiger partial charge in [-0.1, -0.05) is 30.3 Å². The molecule has 2 bridgehead atoms. The molecule has 0 aliphatic carbocycles. The van der Waals surface area contributed by atoms with Crippen LogP contribution in [-0.2, 0) is 6.42 Å². The Kier molecular flexibility index (Phi) is 3.32. The number of hydrogen-bond donors (Lipinski definition) is 1. The Balaban J connectivity index is 1.54. The third-order valence-corrected chi connectivity index (χ3v) is 5.82. The highest BCUT2D eigenvalue weighted by atomic mass is 32.1. The zero-order chi connectivity index (χ0) is 14.3. The van der Waals surface area contributed by atoms with Gasteiger partial charge in [0.15, 0.2) is 0 Å². The molecular formula is C17H20N2OS. The summed E-state index contributed by atoms with van der Waals surface area (Å²) in [6.45, 7) is 3.25. The lowest BCUT2D eigenvalue weighted by atomic mass is 9.80. The van der Waals surface area contributed by atoms with Crippen molar-refractivity contribution in [3.05, 3.63) is 40.7 Å². The van der Waals surface area contributed by atoms with Gasteiger partial charge in [-0.15, -0.1) is 11.3 Å². The van der Waals surface area contributed by atoms with Crippen LogP contribution in [0.2, 0.25) is 0 Å². The van der Waals surface area contributed by atoms with E-state index in [1.165, 1.54) is 0 Å². The lowest BCUT2D eigenvalue weighted by Crippen LogP contribution is -2.47. The van der Waals surface area contributed by atoms with Crippen LogP contribution in [0.5, 0.6) is 0 Å². The molecule has 2 aromatic rings. The first-order chi connectivity index (χ1) is 10.2. The van der Waals surface area contributed by atoms with Crippen LogP contribution in [-0.4, -0.2) is 40.2 Å². The maximum absolute atomic E-state index is 11.0. The SMILES string of the molecule is OC1(Cc2nc(-c3ccccc3)cs2)CCN2CCC1C2. The fourth-order valence-electron chi connectivity index (χ4n) is 3.66. The topological polar surface area (TPSA) is 36.4 Å². The fraction of sp³-hybridized carbons (Fsp3) is 0.471. The van der Waals surface area contributed by atoms with Crippen LogP contribution in [0.15, 0.2) is 35.7 Å². The summed E-state index contributed by atoms with van der Waals surface area (Å²) in [6, 6.07) is 10.3. The smallest absolute Gasteiger partial charge is 0.0961 e. The second-order valence-electron chi connectivity index (χ2n) is 6.31. The molecule has 1 aromatic carbocycles. The van der Waals surface area contributed by atoms with E-state index < -0.39 is 5.60 Å². The fourth-order valence-corrected chi connectivity index (χ4v) is 4.58. The standard InChI is InChI=1S/C17H20N2OS/c20-17(7-9-19-8-6-14(17)11-19)10-16-18-15(12-21-16)13-4-2-1-3-5-13/h1-5,12,14,20H,6-11H2. The highest BCUT2D eigenvalue weighted by Crippen LogP contribution is 2.38. The van der Waals surface area contributed by atoms with Gasteiger partial charge in [-0.05, 0) is 19.4 Å². The Morgan fingerprint density at radius 3 is 3.00 bits per heavy atom. The summed E-state index contributed by atoms with van der Waals surface area (Å²) in [5.41, 5.74) is 1.64. The van der Waals surface area contributed by atoms with Crippen molar-refractivity contribution in [2.24, 2.45) is 5.92 Å². The molecule has 3 nitrogen and oxygen atoms in total. The molecule has 4 rings (SSSR count). The minimum atomic E-state index is -0.543. The Hall–Kier alpha value is -1.23. The molecule has 2 fully saturated rings. The van der Waals surface area contributed by atoms with Gasteiger partial charge in [0, 0.05) is 36.4 Å². The predicted octanol–water partition coefficient (Wildman–Crippen LogP) is 2.81. The van der Waals surface area contributed by atoms with Crippen molar-refractivity contribution in [3.63, 3.8) is 0 Å². The summed E-state index contributed by atoms with van der Waals surface area (Å²) in [5.74, 6) is 0.426. The molecule has 1 N–H and O–H groups in total. The number of fused-ring (bicyclic) bond motifs is 2. The first-order valence-electron chi connectivity index (χ1n) is 7.67. The Bertz CT molecular complexity index is 627. The molecular weight excluding hydrogens is 280 g/mol. The number of piperidine rings is 1. The predicted molar refractivity (Wildman–Crippen MR) is 85.4 cm³/mol. The lowest BCUT2D eigenvalue weighted by Gasteiger charge is -2.38. The molecule has 21 heavy (non-hydrogen) atoms. The van der Waals surface area contributed by atoms with Gasteiger partial charge < -0.3 is 10.0 Å². The van der Waals surface area contributed by atoms with Crippen LogP contribution in [0.4, 0.5) is 0 Å². The lowest BCUT2D eigenvalue weighted by molar-refractivity contribution is -0.0439. The van der Waals surface area contributed by atoms with Gasteiger partial charge >= 0.3 is 0 Å². The van der Waals surface area contributed by atoms with Gasteiger partial charge in [0.2, 0.25) is 0 Å². The van der Waals surface area contributed by atoms with Gasteiger partial charge in [-0.3, -0.25) is 0 Å². The van der Waals surface area contributed by atoms with Gasteiger partial charge in [-0.25, -0.2) is 4.98 Å². The van der Waals surface area contributed by atoms with Crippen molar-refractivity contribution in [1.29, 1.82) is 0 Å². The van der Waals surface area contributed by atoms with Crippen LogP contribution in [0.1, 0.15) is 17.8 Å². The van der Waals surface area contributed by atoms with Crippen molar-refractivity contribution in [3.8, 4) is 11.3 Å². The van der Waals surface area contributed by atoms with Crippen molar-refractivity contribution >= 4 is 11.3 Å². The van der Waals surface area contributed by atoms with E-state index in [9.17, 15) is 5.11 Å². The Labute approximate surface area is 129 Å². The average Bonchev–Trinajstić information content (AvgIpc) is 3.13. The average molecular weight is 300 g/mol. The number of aliphatic hydroxyl groups is 1. The summed E-state index contributed by atoms with van der Waals surface area (Å²) in [5, 5.41) is 14.2. The number of rotatable bonds is 3. The van der Waals surface area contributed by atoms with Crippen LogP contribution < -0.4 is 0 Å². The molecule has 0 amide bonds. The van der Waals surface area contributed by atoms with Crippen LogP contribution in [0, 0.1) is 5.92 Å². The maximum Gasteiger partial charge on any atom is 0.0961 e. The first-order valence-corrected chi connectivity index (χ1v) is 8.55. The zero-order valence-corrected chi connectivity index (χ0v) is 12.9. The minimum Gasteiger partial charge on any atom is -0.389 e. The Morgan fingerprint density at radius 1 is 1.29 bits per heavy atom. The van der Waals surface area contributed by atoms with E-state index in [0.717, 1.165) is 48.7 Å². The summed E-state index contributed by atoms with van der Waals surface area (Å²) < 4.78 is 0. The van der Waals surface area contributed by atoms with Crippen molar-refractivity contribution in [2.75, 3.05) is 19.6 Å². The molecule has 2 aliphatic heterocycles. The van der Waals surface area contributed by atoms with Crippen LogP contribution >= 0.6 is 11.3 Å². The van der Waals surface area contributed by atoms with E-state index in [-0.39, 0.29) is 0 Å². The molecule has 3 heterocycles. The number of thiazole rings is 1. The van der Waals surface area contributed by atoms with Gasteiger partial charge in [0.1, 0.15) is 0 Å². The number of nitrogens with zero attached hydrogens (tertiary/aromatic N) is 2. The molecule has 3 unspecified atom stereocenters. The Morgan fingerprint density at radius 2 is 2.14 bits per heavy atom. The molecule has 2 saturated heterocycles. The van der Waals surface area contributed by atoms with Crippen molar-refractivity contribution < 1.29 is 5.11 Å². The van der Waals surface area contributed by atoms with E-state index in [1.54, 1.807) is 11.3 Å². The molecule has 2 aliphatic rings. The van der Waals surface area contributed by atoms with E-state index in [1.807, 2.05) is 18.2 Å². The second kappa shape index (κ2) is 5.20. The van der Waals surface area contributed by atoms with E-state index >= 15 is 0 Å². The van der Waals surface area contributed by atoms with E-state index in [0.29, 0.717) is 12.3 Å². The van der Waals surface area contributed by atoms with Gasteiger partial charge in [-0.2, -0.15) is 0 Å². The molecule has 0 spiro atoms. The highest BCUT2D eigenvalue weighted by Gasteiger charge is 2.45. The van der Waals surface area contributed by atoms with Gasteiger partial charge in [0.25, 0.3) is 0 Å². The second-order valence-corrected chi connectivity index (χ2v) is 7.25. The number of hydrogen-bond acceptors (Lipinski definition) is 4.